The van der Waals surface area contributed by atoms with E-state index in [0.29, 0.717) is 24.8 Å². The van der Waals surface area contributed by atoms with Crippen LogP contribution in [0.25, 0.3) is 10.9 Å². The van der Waals surface area contributed by atoms with Crippen molar-refractivity contribution < 1.29 is 19.5 Å². The molecule has 8 heteroatoms. The number of likely N-dealkylation sites (N-methyl/N-ethyl adjacent to an activating group) is 1. The number of hydrogen-bond acceptors (Lipinski definition) is 4. The number of aliphatic carboxylic acids is 1. The first kappa shape index (κ1) is 16.9. The Bertz CT molecular complexity index is 816. The Morgan fingerprint density at radius 1 is 1.36 bits per heavy atom. The van der Waals surface area contributed by atoms with Crippen LogP contribution in [0.4, 0.5) is 0 Å². The van der Waals surface area contributed by atoms with Gasteiger partial charge in [-0.2, -0.15) is 5.10 Å². The number of amides is 2. The van der Waals surface area contributed by atoms with E-state index in [-0.39, 0.29) is 30.6 Å². The molecule has 2 amide bonds. The summed E-state index contributed by atoms with van der Waals surface area (Å²) in [6.07, 6.45) is 1.23. The average molecular weight is 344 g/mol. The number of fused-ring (bicyclic) bond motifs is 1. The average Bonchev–Trinajstić information content (AvgIpc) is 3.05. The summed E-state index contributed by atoms with van der Waals surface area (Å²) < 4.78 is 0. The molecule has 2 N–H and O–H groups in total. The van der Waals surface area contributed by atoms with Gasteiger partial charge in [-0.05, 0) is 18.9 Å². The molecule has 25 heavy (non-hydrogen) atoms. The highest BCUT2D eigenvalue weighted by molar-refractivity contribution is 6.05. The summed E-state index contributed by atoms with van der Waals surface area (Å²) >= 11 is 0. The van der Waals surface area contributed by atoms with Crippen LogP contribution >= 0.6 is 0 Å². The van der Waals surface area contributed by atoms with Gasteiger partial charge in [0.1, 0.15) is 0 Å². The third-order valence-electron chi connectivity index (χ3n) is 4.52. The lowest BCUT2D eigenvalue weighted by molar-refractivity contribution is -0.145. The number of para-hydroxylation sites is 1. The quantitative estimate of drug-likeness (QED) is 0.859. The summed E-state index contributed by atoms with van der Waals surface area (Å²) in [5.41, 5.74) is 1.03. The Hall–Kier alpha value is -2.90. The van der Waals surface area contributed by atoms with Crippen LogP contribution in [0.1, 0.15) is 23.3 Å². The zero-order valence-corrected chi connectivity index (χ0v) is 13.9. The number of carbonyl (C=O) groups is 3. The number of aromatic amines is 1. The van der Waals surface area contributed by atoms with E-state index in [0.717, 1.165) is 5.52 Å². The molecule has 1 aromatic heterocycles. The van der Waals surface area contributed by atoms with Gasteiger partial charge in [0.15, 0.2) is 5.69 Å². The molecule has 0 spiro atoms. The summed E-state index contributed by atoms with van der Waals surface area (Å²) in [5, 5.41) is 16.7. The molecular weight excluding hydrogens is 324 g/mol. The highest BCUT2D eigenvalue weighted by Gasteiger charge is 2.29. The molecule has 3 rings (SSSR count). The standard InChI is InChI=1S/C17H20N4O4/c1-20(10-14(22)21-8-4-5-11(9-21)17(24)25)16(23)15-12-6-2-3-7-13(12)18-19-15/h2-3,6-7,11H,4-5,8-10H2,1H3,(H,18,19)(H,24,25). The molecule has 1 aromatic carbocycles. The second kappa shape index (κ2) is 6.92. The molecule has 8 nitrogen and oxygen atoms in total. The van der Waals surface area contributed by atoms with Crippen molar-refractivity contribution in [1.82, 2.24) is 20.0 Å². The minimum Gasteiger partial charge on any atom is -0.481 e. The second-order valence-corrected chi connectivity index (χ2v) is 6.30. The van der Waals surface area contributed by atoms with E-state index in [4.69, 9.17) is 5.11 Å². The second-order valence-electron chi connectivity index (χ2n) is 6.30. The van der Waals surface area contributed by atoms with Crippen molar-refractivity contribution in [2.75, 3.05) is 26.7 Å². The molecule has 0 radical (unpaired) electrons. The first-order chi connectivity index (χ1) is 12.0. The molecule has 1 aliphatic heterocycles. The zero-order valence-electron chi connectivity index (χ0n) is 13.9. The van der Waals surface area contributed by atoms with Crippen molar-refractivity contribution in [3.63, 3.8) is 0 Å². The molecule has 1 saturated heterocycles. The Kier molecular flexibility index (Phi) is 4.69. The van der Waals surface area contributed by atoms with E-state index in [1.54, 1.807) is 13.1 Å². The van der Waals surface area contributed by atoms with Gasteiger partial charge in [0, 0.05) is 25.5 Å². The van der Waals surface area contributed by atoms with Crippen LogP contribution in [0.5, 0.6) is 0 Å². The number of piperidine rings is 1. The number of nitrogens with one attached hydrogen (secondary N) is 1. The fraction of sp³-hybridized carbons (Fsp3) is 0.412. The number of rotatable bonds is 4. The first-order valence-corrected chi connectivity index (χ1v) is 8.16. The van der Waals surface area contributed by atoms with Crippen LogP contribution in [0.2, 0.25) is 0 Å². The van der Waals surface area contributed by atoms with Gasteiger partial charge >= 0.3 is 5.97 Å². The van der Waals surface area contributed by atoms with Crippen molar-refractivity contribution in [3.8, 4) is 0 Å². The molecule has 1 unspecified atom stereocenters. The van der Waals surface area contributed by atoms with Gasteiger partial charge in [0.25, 0.3) is 5.91 Å². The molecular formula is C17H20N4O4. The third-order valence-corrected chi connectivity index (χ3v) is 4.52. The summed E-state index contributed by atoms with van der Waals surface area (Å²) in [5.74, 6) is -2.02. The van der Waals surface area contributed by atoms with Gasteiger partial charge in [-0.15, -0.1) is 0 Å². The highest BCUT2D eigenvalue weighted by Crippen LogP contribution is 2.18. The Labute approximate surface area is 144 Å². The number of carboxylic acid groups (broad SMARTS) is 1. The van der Waals surface area contributed by atoms with Crippen molar-refractivity contribution in [3.05, 3.63) is 30.0 Å². The molecule has 2 heterocycles. The van der Waals surface area contributed by atoms with E-state index in [2.05, 4.69) is 10.2 Å². The number of nitrogens with zero attached hydrogens (tertiary/aromatic N) is 3. The smallest absolute Gasteiger partial charge is 0.308 e. The lowest BCUT2D eigenvalue weighted by atomic mass is 9.98. The Morgan fingerprint density at radius 3 is 2.88 bits per heavy atom. The number of H-pyrrole nitrogens is 1. The van der Waals surface area contributed by atoms with E-state index in [1.807, 2.05) is 18.2 Å². The normalized spacial score (nSPS) is 17.5. The molecule has 132 valence electrons. The minimum atomic E-state index is -0.884. The number of carboxylic acids is 1. The number of benzene rings is 1. The molecule has 1 aliphatic rings. The van der Waals surface area contributed by atoms with Crippen molar-refractivity contribution in [2.24, 2.45) is 5.92 Å². The summed E-state index contributed by atoms with van der Waals surface area (Å²) in [6, 6.07) is 7.28. The van der Waals surface area contributed by atoms with Crippen molar-refractivity contribution in [1.29, 1.82) is 0 Å². The van der Waals surface area contributed by atoms with Crippen LogP contribution in [-0.2, 0) is 9.59 Å². The Balaban J connectivity index is 1.67. The van der Waals surface area contributed by atoms with Gasteiger partial charge in [-0.3, -0.25) is 19.5 Å². The lowest BCUT2D eigenvalue weighted by Crippen LogP contribution is -2.47. The van der Waals surface area contributed by atoms with E-state index >= 15 is 0 Å². The Morgan fingerprint density at radius 2 is 2.12 bits per heavy atom. The van der Waals surface area contributed by atoms with Crippen LogP contribution in [0.3, 0.4) is 0 Å². The molecule has 1 fully saturated rings. The van der Waals surface area contributed by atoms with Gasteiger partial charge in [-0.1, -0.05) is 18.2 Å². The molecule has 0 bridgehead atoms. The number of likely N-dealkylation sites (tertiary alicyclic amines) is 1. The van der Waals surface area contributed by atoms with Gasteiger partial charge < -0.3 is 14.9 Å². The van der Waals surface area contributed by atoms with Crippen LogP contribution in [0, 0.1) is 5.92 Å². The number of carbonyl (C=O) groups excluding carboxylic acids is 2. The highest BCUT2D eigenvalue weighted by atomic mass is 16.4. The predicted molar refractivity (Wildman–Crippen MR) is 90.0 cm³/mol. The maximum absolute atomic E-state index is 12.6. The molecule has 0 aliphatic carbocycles. The van der Waals surface area contributed by atoms with Gasteiger partial charge in [0.05, 0.1) is 18.0 Å². The SMILES string of the molecule is CN(CC(=O)N1CCCC(C(=O)O)C1)C(=O)c1n[nH]c2ccccc12. The topological polar surface area (TPSA) is 107 Å². The third kappa shape index (κ3) is 3.47. The number of aromatic nitrogens is 2. The number of hydrogen-bond donors (Lipinski definition) is 2. The van der Waals surface area contributed by atoms with Crippen LogP contribution in [-0.4, -0.2) is 69.6 Å². The van der Waals surface area contributed by atoms with Crippen LogP contribution < -0.4 is 0 Å². The fourth-order valence-electron chi connectivity index (χ4n) is 3.09. The lowest BCUT2D eigenvalue weighted by Gasteiger charge is -2.31. The first-order valence-electron chi connectivity index (χ1n) is 8.16. The van der Waals surface area contributed by atoms with Gasteiger partial charge in [0.2, 0.25) is 5.91 Å². The van der Waals surface area contributed by atoms with Crippen molar-refractivity contribution in [2.45, 2.75) is 12.8 Å². The van der Waals surface area contributed by atoms with E-state index < -0.39 is 11.9 Å². The minimum absolute atomic E-state index is 0.105. The monoisotopic (exact) mass is 344 g/mol. The molecule has 2 aromatic rings. The maximum atomic E-state index is 12.6. The van der Waals surface area contributed by atoms with Crippen LogP contribution in [0.15, 0.2) is 24.3 Å². The van der Waals surface area contributed by atoms with Crippen molar-refractivity contribution >= 4 is 28.7 Å². The fourth-order valence-corrected chi connectivity index (χ4v) is 3.09. The van der Waals surface area contributed by atoms with Gasteiger partial charge in [-0.25, -0.2) is 0 Å². The summed E-state index contributed by atoms with van der Waals surface area (Å²) in [6.45, 7) is 0.615. The molecule has 0 saturated carbocycles. The maximum Gasteiger partial charge on any atom is 0.308 e. The van der Waals surface area contributed by atoms with E-state index in [1.165, 1.54) is 9.80 Å². The summed E-state index contributed by atoms with van der Waals surface area (Å²) in [4.78, 5) is 39.0. The van der Waals surface area contributed by atoms with E-state index in [9.17, 15) is 14.4 Å². The largest absolute Gasteiger partial charge is 0.481 e. The summed E-state index contributed by atoms with van der Waals surface area (Å²) in [7, 11) is 1.54. The molecule has 1 atom stereocenters. The zero-order chi connectivity index (χ0) is 18.0. The predicted octanol–water partition coefficient (Wildman–Crippen LogP) is 0.958.